The van der Waals surface area contributed by atoms with Gasteiger partial charge in [-0.2, -0.15) is 0 Å². The zero-order valence-corrected chi connectivity index (χ0v) is 16.4. The van der Waals surface area contributed by atoms with Gasteiger partial charge in [-0.25, -0.2) is 4.98 Å². The highest BCUT2D eigenvalue weighted by Crippen LogP contribution is 2.32. The van der Waals surface area contributed by atoms with E-state index in [1.807, 2.05) is 36.4 Å². The van der Waals surface area contributed by atoms with E-state index < -0.39 is 5.91 Å². The Labute approximate surface area is 172 Å². The quantitative estimate of drug-likeness (QED) is 0.497. The van der Waals surface area contributed by atoms with Crippen LogP contribution in [-0.4, -0.2) is 30.3 Å². The minimum Gasteiger partial charge on any atom is -0.493 e. The van der Waals surface area contributed by atoms with E-state index in [0.29, 0.717) is 28.7 Å². The molecule has 8 heteroatoms. The topological polar surface area (TPSA) is 99.6 Å². The number of carbonyl (C=O) groups is 1. The molecule has 0 atom stereocenters. The van der Waals surface area contributed by atoms with Gasteiger partial charge >= 0.3 is 5.91 Å². The Morgan fingerprint density at radius 1 is 0.967 bits per heavy atom. The number of nitrogens with zero attached hydrogens (tertiary/aromatic N) is 2. The molecule has 1 N–H and O–H groups in total. The Hall–Kier alpha value is -4.07. The largest absolute Gasteiger partial charge is 0.493 e. The average molecular weight is 405 g/mol. The van der Waals surface area contributed by atoms with E-state index in [1.54, 1.807) is 32.4 Å². The van der Waals surface area contributed by atoms with Crippen molar-refractivity contribution in [2.45, 2.75) is 6.54 Å². The molecule has 0 saturated heterocycles. The number of rotatable bonds is 7. The van der Waals surface area contributed by atoms with Crippen LogP contribution in [0.15, 0.2) is 69.7 Å². The van der Waals surface area contributed by atoms with Crippen molar-refractivity contribution in [1.82, 2.24) is 15.5 Å². The maximum atomic E-state index is 12.3. The SMILES string of the molecule is COc1ccc(-c2cc(CNC(=O)c3ncc(-c4ccccc4)o3)no2)cc1OC. The van der Waals surface area contributed by atoms with Crippen molar-refractivity contribution in [3.63, 3.8) is 0 Å². The summed E-state index contributed by atoms with van der Waals surface area (Å²) >= 11 is 0. The predicted octanol–water partition coefficient (Wildman–Crippen LogP) is 3.94. The highest BCUT2D eigenvalue weighted by atomic mass is 16.5. The van der Waals surface area contributed by atoms with Crippen LogP contribution in [0.2, 0.25) is 0 Å². The molecule has 0 aliphatic carbocycles. The predicted molar refractivity (Wildman–Crippen MR) is 108 cm³/mol. The molecule has 4 aromatic rings. The minimum atomic E-state index is -0.437. The molecule has 30 heavy (non-hydrogen) atoms. The number of amides is 1. The van der Waals surface area contributed by atoms with Crippen molar-refractivity contribution >= 4 is 5.91 Å². The maximum Gasteiger partial charge on any atom is 0.307 e. The third kappa shape index (κ3) is 4.02. The van der Waals surface area contributed by atoms with Crippen LogP contribution in [0.4, 0.5) is 0 Å². The molecule has 2 heterocycles. The summed E-state index contributed by atoms with van der Waals surface area (Å²) in [5.74, 6) is 1.82. The minimum absolute atomic E-state index is 0.0162. The number of carbonyl (C=O) groups excluding carboxylic acids is 1. The van der Waals surface area contributed by atoms with E-state index in [2.05, 4.69) is 15.5 Å². The van der Waals surface area contributed by atoms with Crippen LogP contribution in [0.1, 0.15) is 16.4 Å². The van der Waals surface area contributed by atoms with Gasteiger partial charge in [-0.15, -0.1) is 0 Å². The van der Waals surface area contributed by atoms with Gasteiger partial charge in [0.25, 0.3) is 5.89 Å². The zero-order valence-electron chi connectivity index (χ0n) is 16.4. The first-order chi connectivity index (χ1) is 14.7. The lowest BCUT2D eigenvalue weighted by atomic mass is 10.1. The second-order valence-corrected chi connectivity index (χ2v) is 6.33. The van der Waals surface area contributed by atoms with E-state index in [9.17, 15) is 4.79 Å². The van der Waals surface area contributed by atoms with E-state index in [4.69, 9.17) is 18.4 Å². The summed E-state index contributed by atoms with van der Waals surface area (Å²) in [5, 5.41) is 6.72. The molecule has 8 nitrogen and oxygen atoms in total. The highest BCUT2D eigenvalue weighted by molar-refractivity contribution is 5.89. The van der Waals surface area contributed by atoms with Gasteiger partial charge in [-0.05, 0) is 18.2 Å². The Bertz CT molecular complexity index is 1150. The number of hydrogen-bond acceptors (Lipinski definition) is 7. The molecular weight excluding hydrogens is 386 g/mol. The fraction of sp³-hybridized carbons (Fsp3) is 0.136. The van der Waals surface area contributed by atoms with Gasteiger partial charge in [0, 0.05) is 17.2 Å². The van der Waals surface area contributed by atoms with Crippen LogP contribution in [0.3, 0.4) is 0 Å². The molecule has 0 fully saturated rings. The first-order valence-corrected chi connectivity index (χ1v) is 9.15. The number of nitrogens with one attached hydrogen (secondary N) is 1. The molecule has 2 aromatic carbocycles. The van der Waals surface area contributed by atoms with Gasteiger partial charge in [0.1, 0.15) is 5.69 Å². The van der Waals surface area contributed by atoms with Gasteiger partial charge in [-0.3, -0.25) is 4.79 Å². The third-order valence-corrected chi connectivity index (χ3v) is 4.42. The summed E-state index contributed by atoms with van der Waals surface area (Å²) in [6.07, 6.45) is 1.52. The van der Waals surface area contributed by atoms with Gasteiger partial charge in [-0.1, -0.05) is 35.5 Å². The molecule has 0 saturated carbocycles. The average Bonchev–Trinajstić information content (AvgIpc) is 3.48. The monoisotopic (exact) mass is 405 g/mol. The number of benzene rings is 2. The molecule has 0 radical (unpaired) electrons. The lowest BCUT2D eigenvalue weighted by Gasteiger charge is -2.07. The van der Waals surface area contributed by atoms with Crippen LogP contribution in [0.25, 0.3) is 22.6 Å². The molecule has 0 aliphatic rings. The van der Waals surface area contributed by atoms with Crippen LogP contribution in [-0.2, 0) is 6.54 Å². The van der Waals surface area contributed by atoms with Crippen molar-refractivity contribution in [2.24, 2.45) is 0 Å². The van der Waals surface area contributed by atoms with Crippen molar-refractivity contribution in [3.05, 3.63) is 72.4 Å². The first-order valence-electron chi connectivity index (χ1n) is 9.15. The third-order valence-electron chi connectivity index (χ3n) is 4.42. The van der Waals surface area contributed by atoms with Crippen LogP contribution in [0, 0.1) is 0 Å². The molecule has 0 spiro atoms. The van der Waals surface area contributed by atoms with Crippen molar-refractivity contribution in [3.8, 4) is 34.1 Å². The summed E-state index contributed by atoms with van der Waals surface area (Å²) in [5.41, 5.74) is 2.18. The van der Waals surface area contributed by atoms with Gasteiger partial charge in [0.05, 0.1) is 27.0 Å². The smallest absolute Gasteiger partial charge is 0.307 e. The molecule has 0 unspecified atom stereocenters. The van der Waals surface area contributed by atoms with Crippen LogP contribution >= 0.6 is 0 Å². The van der Waals surface area contributed by atoms with Crippen molar-refractivity contribution in [2.75, 3.05) is 14.2 Å². The summed E-state index contributed by atoms with van der Waals surface area (Å²) < 4.78 is 21.5. The van der Waals surface area contributed by atoms with Gasteiger partial charge in [0.2, 0.25) is 0 Å². The molecular formula is C22H19N3O5. The van der Waals surface area contributed by atoms with Crippen LogP contribution < -0.4 is 14.8 Å². The van der Waals surface area contributed by atoms with E-state index in [1.165, 1.54) is 6.20 Å². The molecule has 1 amide bonds. The van der Waals surface area contributed by atoms with E-state index >= 15 is 0 Å². The van der Waals surface area contributed by atoms with Crippen molar-refractivity contribution < 1.29 is 23.2 Å². The van der Waals surface area contributed by atoms with Crippen LogP contribution in [0.5, 0.6) is 11.5 Å². The summed E-state index contributed by atoms with van der Waals surface area (Å²) in [4.78, 5) is 16.4. The van der Waals surface area contributed by atoms with Gasteiger partial charge < -0.3 is 23.7 Å². The Morgan fingerprint density at radius 3 is 2.53 bits per heavy atom. The summed E-state index contributed by atoms with van der Waals surface area (Å²) in [6, 6.07) is 16.6. The lowest BCUT2D eigenvalue weighted by Crippen LogP contribution is -2.23. The summed E-state index contributed by atoms with van der Waals surface area (Å²) in [7, 11) is 3.14. The van der Waals surface area contributed by atoms with E-state index in [0.717, 1.165) is 11.1 Å². The fourth-order valence-corrected chi connectivity index (χ4v) is 2.88. The molecule has 2 aromatic heterocycles. The standard InChI is InChI=1S/C22H19N3O5/c1-27-17-9-8-15(10-19(17)28-2)18-11-16(25-30-18)12-23-21(26)22-24-13-20(29-22)14-6-4-3-5-7-14/h3-11,13H,12H2,1-2H3,(H,23,26). The Morgan fingerprint density at radius 2 is 1.77 bits per heavy atom. The van der Waals surface area contributed by atoms with Crippen molar-refractivity contribution in [1.29, 1.82) is 0 Å². The second kappa shape index (κ2) is 8.52. The zero-order chi connectivity index (χ0) is 20.9. The number of oxazole rings is 1. The highest BCUT2D eigenvalue weighted by Gasteiger charge is 2.16. The second-order valence-electron chi connectivity index (χ2n) is 6.33. The number of hydrogen-bond donors (Lipinski definition) is 1. The molecule has 152 valence electrons. The maximum absolute atomic E-state index is 12.3. The lowest BCUT2D eigenvalue weighted by molar-refractivity contribution is 0.0916. The number of methoxy groups -OCH3 is 2. The number of aromatic nitrogens is 2. The Kier molecular flexibility index (Phi) is 5.47. The Balaban J connectivity index is 1.41. The fourth-order valence-electron chi connectivity index (χ4n) is 2.88. The molecule has 4 rings (SSSR count). The first kappa shape index (κ1) is 19.3. The van der Waals surface area contributed by atoms with E-state index in [-0.39, 0.29) is 12.4 Å². The molecule has 0 bridgehead atoms. The number of ether oxygens (including phenoxy) is 2. The summed E-state index contributed by atoms with van der Waals surface area (Å²) in [6.45, 7) is 0.165. The molecule has 0 aliphatic heterocycles. The van der Waals surface area contributed by atoms with Gasteiger partial charge in [0.15, 0.2) is 23.0 Å². The normalized spacial score (nSPS) is 10.6.